The summed E-state index contributed by atoms with van der Waals surface area (Å²) >= 11 is 0. The Bertz CT molecular complexity index is 333. The van der Waals surface area contributed by atoms with Crippen LogP contribution in [-0.2, 0) is 19.1 Å². The zero-order valence-corrected chi connectivity index (χ0v) is 11.1. The van der Waals surface area contributed by atoms with Crippen molar-refractivity contribution >= 4 is 17.9 Å². The average Bonchev–Trinajstić information content (AvgIpc) is 2.36. The summed E-state index contributed by atoms with van der Waals surface area (Å²) in [6.45, 7) is 5.16. The van der Waals surface area contributed by atoms with Crippen LogP contribution in [0.2, 0.25) is 0 Å². The van der Waals surface area contributed by atoms with Gasteiger partial charge in [-0.05, 0) is 6.42 Å². The normalized spacial score (nSPS) is 10.8. The van der Waals surface area contributed by atoms with Crippen LogP contribution in [-0.4, -0.2) is 33.7 Å². The summed E-state index contributed by atoms with van der Waals surface area (Å²) in [5, 5.41) is 18.1. The zero-order chi connectivity index (χ0) is 14.9. The first-order chi connectivity index (χ1) is 8.90. The molecule has 0 heterocycles. The molecule has 0 aromatic heterocycles. The maximum absolute atomic E-state index is 11.1. The number of carboxylic acid groups (broad SMARTS) is 2. The van der Waals surface area contributed by atoms with Gasteiger partial charge in [0.2, 0.25) is 0 Å². The molecule has 6 nitrogen and oxygen atoms in total. The Morgan fingerprint density at radius 3 is 2.05 bits per heavy atom. The molecule has 6 heteroatoms. The Morgan fingerprint density at radius 1 is 1.11 bits per heavy atom. The second-order valence-electron chi connectivity index (χ2n) is 4.23. The van der Waals surface area contributed by atoms with Gasteiger partial charge in [-0.25, -0.2) is 14.4 Å². The lowest BCUT2D eigenvalue weighted by atomic mass is 9.95. The summed E-state index contributed by atoms with van der Waals surface area (Å²) in [5.74, 6) is -4.41. The molecule has 0 saturated heterocycles. The summed E-state index contributed by atoms with van der Waals surface area (Å²) in [6.07, 6.45) is 4.47. The Hall–Kier alpha value is -1.85. The van der Waals surface area contributed by atoms with Crippen molar-refractivity contribution in [3.8, 4) is 0 Å². The van der Waals surface area contributed by atoms with E-state index in [0.717, 1.165) is 25.3 Å². The van der Waals surface area contributed by atoms with Gasteiger partial charge >= 0.3 is 23.5 Å². The number of hydrogen-bond donors (Lipinski definition) is 2. The zero-order valence-electron chi connectivity index (χ0n) is 11.1. The largest absolute Gasteiger partial charge is 0.478 e. The first-order valence-electron chi connectivity index (χ1n) is 6.23. The number of aliphatic carboxylic acids is 2. The second-order valence-corrected chi connectivity index (χ2v) is 4.23. The van der Waals surface area contributed by atoms with E-state index >= 15 is 0 Å². The molecular formula is C13H20O6. The van der Waals surface area contributed by atoms with Crippen LogP contribution in [0.4, 0.5) is 0 Å². The fraction of sp³-hybridized carbons (Fsp3) is 0.615. The predicted molar refractivity (Wildman–Crippen MR) is 67.7 cm³/mol. The molecule has 0 aromatic rings. The molecule has 0 bridgehead atoms. The van der Waals surface area contributed by atoms with Gasteiger partial charge in [-0.1, -0.05) is 39.2 Å². The number of unbranched alkanes of at least 4 members (excludes halogenated alkanes) is 4. The predicted octanol–water partition coefficient (Wildman–Crippen LogP) is 1.98. The van der Waals surface area contributed by atoms with E-state index in [0.29, 0.717) is 12.8 Å². The van der Waals surface area contributed by atoms with Crippen molar-refractivity contribution in [2.24, 2.45) is 0 Å². The van der Waals surface area contributed by atoms with E-state index < -0.39 is 23.5 Å². The molecule has 19 heavy (non-hydrogen) atoms. The van der Waals surface area contributed by atoms with E-state index in [4.69, 9.17) is 10.2 Å². The van der Waals surface area contributed by atoms with Crippen LogP contribution in [0, 0.1) is 0 Å². The van der Waals surface area contributed by atoms with Crippen LogP contribution in [0.15, 0.2) is 12.7 Å². The van der Waals surface area contributed by atoms with Crippen molar-refractivity contribution in [2.45, 2.75) is 51.0 Å². The first kappa shape index (κ1) is 17.2. The minimum atomic E-state index is -2.52. The molecule has 0 aromatic carbocycles. The fourth-order valence-electron chi connectivity index (χ4n) is 1.63. The maximum Gasteiger partial charge on any atom is 0.360 e. The van der Waals surface area contributed by atoms with Crippen LogP contribution < -0.4 is 0 Å². The number of hydrogen-bond acceptors (Lipinski definition) is 4. The third-order valence-corrected chi connectivity index (χ3v) is 2.76. The minimum Gasteiger partial charge on any atom is -0.478 e. The molecule has 0 unspecified atom stereocenters. The smallest absolute Gasteiger partial charge is 0.360 e. The number of ether oxygens (including phenoxy) is 1. The van der Waals surface area contributed by atoms with Gasteiger partial charge < -0.3 is 14.9 Å². The van der Waals surface area contributed by atoms with Crippen LogP contribution in [0.5, 0.6) is 0 Å². The molecular weight excluding hydrogens is 252 g/mol. The Balaban J connectivity index is 4.74. The molecule has 0 rings (SSSR count). The van der Waals surface area contributed by atoms with E-state index in [1.54, 1.807) is 0 Å². The van der Waals surface area contributed by atoms with Crippen LogP contribution in [0.3, 0.4) is 0 Å². The monoisotopic (exact) mass is 272 g/mol. The van der Waals surface area contributed by atoms with Crippen molar-refractivity contribution in [1.29, 1.82) is 0 Å². The topological polar surface area (TPSA) is 101 Å². The first-order valence-corrected chi connectivity index (χ1v) is 6.23. The van der Waals surface area contributed by atoms with Gasteiger partial charge in [-0.3, -0.25) is 0 Å². The molecule has 0 atom stereocenters. The Labute approximate surface area is 112 Å². The highest BCUT2D eigenvalue weighted by molar-refractivity contribution is 6.04. The Morgan fingerprint density at radius 2 is 1.63 bits per heavy atom. The molecule has 0 saturated carbocycles. The second kappa shape index (κ2) is 8.29. The van der Waals surface area contributed by atoms with Crippen molar-refractivity contribution in [2.75, 3.05) is 0 Å². The molecule has 0 aliphatic rings. The summed E-state index contributed by atoms with van der Waals surface area (Å²) in [7, 11) is 0. The van der Waals surface area contributed by atoms with E-state index in [2.05, 4.69) is 11.3 Å². The SMILES string of the molecule is C=CC(=O)OC(CCCCCCC)(C(=O)O)C(=O)O. The van der Waals surface area contributed by atoms with Crippen LogP contribution in [0.25, 0.3) is 0 Å². The highest BCUT2D eigenvalue weighted by atomic mass is 16.6. The molecule has 0 radical (unpaired) electrons. The van der Waals surface area contributed by atoms with Gasteiger partial charge in [-0.2, -0.15) is 0 Å². The van der Waals surface area contributed by atoms with E-state index in [1.807, 2.05) is 6.92 Å². The van der Waals surface area contributed by atoms with Gasteiger partial charge in [0.05, 0.1) is 0 Å². The molecule has 0 spiro atoms. The Kier molecular flexibility index (Phi) is 7.48. The van der Waals surface area contributed by atoms with Gasteiger partial charge in [0.1, 0.15) is 0 Å². The summed E-state index contributed by atoms with van der Waals surface area (Å²) in [5.41, 5.74) is -2.52. The van der Waals surface area contributed by atoms with E-state index in [1.165, 1.54) is 0 Å². The highest BCUT2D eigenvalue weighted by Gasteiger charge is 2.50. The van der Waals surface area contributed by atoms with Crippen molar-refractivity contribution in [3.63, 3.8) is 0 Å². The number of carbonyl (C=O) groups excluding carboxylic acids is 1. The number of esters is 1. The highest BCUT2D eigenvalue weighted by Crippen LogP contribution is 2.22. The average molecular weight is 272 g/mol. The number of carbonyl (C=O) groups is 3. The third kappa shape index (κ3) is 5.11. The number of carboxylic acids is 2. The molecule has 0 fully saturated rings. The standard InChI is InChI=1S/C13H20O6/c1-3-5-6-7-8-9-13(11(15)16,12(17)18)19-10(14)4-2/h4H,2-3,5-9H2,1H3,(H,15,16)(H,17,18). The lowest BCUT2D eigenvalue weighted by molar-refractivity contribution is -0.189. The lowest BCUT2D eigenvalue weighted by Crippen LogP contribution is -2.50. The third-order valence-electron chi connectivity index (χ3n) is 2.76. The van der Waals surface area contributed by atoms with Crippen molar-refractivity contribution in [1.82, 2.24) is 0 Å². The summed E-state index contributed by atoms with van der Waals surface area (Å²) in [6, 6.07) is 0. The quantitative estimate of drug-likeness (QED) is 0.273. The van der Waals surface area contributed by atoms with E-state index in [9.17, 15) is 14.4 Å². The van der Waals surface area contributed by atoms with E-state index in [-0.39, 0.29) is 6.42 Å². The van der Waals surface area contributed by atoms with Crippen molar-refractivity contribution < 1.29 is 29.3 Å². The van der Waals surface area contributed by atoms with Crippen molar-refractivity contribution in [3.05, 3.63) is 12.7 Å². The van der Waals surface area contributed by atoms with Crippen LogP contribution in [0.1, 0.15) is 45.4 Å². The van der Waals surface area contributed by atoms with Gasteiger partial charge in [0, 0.05) is 12.5 Å². The number of rotatable bonds is 10. The maximum atomic E-state index is 11.1. The molecule has 0 aliphatic heterocycles. The molecule has 108 valence electrons. The van der Waals surface area contributed by atoms with Gasteiger partial charge in [0.25, 0.3) is 0 Å². The summed E-state index contributed by atoms with van der Waals surface area (Å²) < 4.78 is 4.56. The minimum absolute atomic E-state index is 0.249. The lowest BCUT2D eigenvalue weighted by Gasteiger charge is -2.24. The molecule has 0 amide bonds. The van der Waals surface area contributed by atoms with Crippen LogP contribution >= 0.6 is 0 Å². The van der Waals surface area contributed by atoms with Gasteiger partial charge in [0.15, 0.2) is 0 Å². The van der Waals surface area contributed by atoms with Gasteiger partial charge in [-0.15, -0.1) is 0 Å². The summed E-state index contributed by atoms with van der Waals surface area (Å²) in [4.78, 5) is 33.4. The molecule has 0 aliphatic carbocycles. The fourth-order valence-corrected chi connectivity index (χ4v) is 1.63. The molecule has 2 N–H and O–H groups in total.